The molecule has 2 N–H and O–H groups in total. The molecule has 0 bridgehead atoms. The number of Topliss-reactive ketones (excluding diaryl/α,β-unsaturated/α-hetero) is 1. The standard InChI is InChI=1S/C33H45N3O5/c1-24-12-13-27(23-34)26(22-24)15-18-31(37)30-11-7-20-35(30)33(39)25(14-17-28-8-5-6-21-36(28)40)16-19-32(38)41-29-9-3-2-4-10-29/h5-6,8,12-13,21-22,25,29-30H,2-4,7,9-11,14-20,23,34H2,1H3/t25-,30-/m0/s1. The third kappa shape index (κ3) is 8.62. The second-order valence-electron chi connectivity index (χ2n) is 11.7. The van der Waals surface area contributed by atoms with Gasteiger partial charge in [0.15, 0.2) is 17.7 Å². The molecule has 2 aliphatic rings. The highest BCUT2D eigenvalue weighted by Gasteiger charge is 2.37. The third-order valence-electron chi connectivity index (χ3n) is 8.68. The SMILES string of the molecule is Cc1ccc(CN)c(CCC(=O)[C@@H]2CCCN2C(=O)[C@H](CCC(=O)OC2CCCCC2)CCc2cccc[n+]2[O-])c1. The number of aryl methyl sites for hydroxylation is 3. The number of hydrogen-bond acceptors (Lipinski definition) is 6. The molecule has 1 amide bonds. The van der Waals surface area contributed by atoms with E-state index < -0.39 is 12.0 Å². The van der Waals surface area contributed by atoms with Crippen LogP contribution < -0.4 is 10.5 Å². The Morgan fingerprint density at radius 1 is 1.00 bits per heavy atom. The van der Waals surface area contributed by atoms with Crippen LogP contribution in [-0.4, -0.2) is 41.3 Å². The van der Waals surface area contributed by atoms with Gasteiger partial charge in [-0.2, -0.15) is 4.73 Å². The summed E-state index contributed by atoms with van der Waals surface area (Å²) in [5, 5.41) is 12.2. The number of ether oxygens (including phenoxy) is 1. The van der Waals surface area contributed by atoms with Crippen molar-refractivity contribution in [2.24, 2.45) is 11.7 Å². The molecule has 41 heavy (non-hydrogen) atoms. The first-order chi connectivity index (χ1) is 19.9. The zero-order chi connectivity index (χ0) is 29.2. The Labute approximate surface area is 243 Å². The average molecular weight is 564 g/mol. The molecule has 2 aromatic rings. The van der Waals surface area contributed by atoms with E-state index in [1.165, 1.54) is 12.6 Å². The second-order valence-corrected chi connectivity index (χ2v) is 11.7. The number of amides is 1. The minimum Gasteiger partial charge on any atom is -0.619 e. The van der Waals surface area contributed by atoms with E-state index in [1.54, 1.807) is 17.0 Å². The number of likely N-dealkylation sites (tertiary alicyclic amines) is 1. The van der Waals surface area contributed by atoms with Crippen molar-refractivity contribution in [1.82, 2.24) is 4.90 Å². The molecule has 1 saturated carbocycles. The number of carbonyl (C=O) groups is 3. The summed E-state index contributed by atoms with van der Waals surface area (Å²) in [6.07, 6.45) is 10.3. The van der Waals surface area contributed by atoms with Crippen molar-refractivity contribution < 1.29 is 23.9 Å². The van der Waals surface area contributed by atoms with Gasteiger partial charge in [0.05, 0.1) is 6.04 Å². The van der Waals surface area contributed by atoms with Gasteiger partial charge in [-0.25, -0.2) is 0 Å². The zero-order valence-electron chi connectivity index (χ0n) is 24.4. The van der Waals surface area contributed by atoms with Crippen LogP contribution in [0.4, 0.5) is 0 Å². The van der Waals surface area contributed by atoms with Crippen LogP contribution in [0.25, 0.3) is 0 Å². The molecular weight excluding hydrogens is 518 g/mol. The topological polar surface area (TPSA) is 117 Å². The smallest absolute Gasteiger partial charge is 0.306 e. The number of pyridine rings is 1. The van der Waals surface area contributed by atoms with Crippen LogP contribution in [0.5, 0.6) is 0 Å². The molecule has 1 aromatic heterocycles. The quantitative estimate of drug-likeness (QED) is 0.218. The summed E-state index contributed by atoms with van der Waals surface area (Å²) in [6.45, 7) is 2.98. The number of hydrogen-bond donors (Lipinski definition) is 1. The molecule has 1 aromatic carbocycles. The minimum atomic E-state index is -0.469. The van der Waals surface area contributed by atoms with Crippen molar-refractivity contribution >= 4 is 17.7 Å². The summed E-state index contributed by atoms with van der Waals surface area (Å²) >= 11 is 0. The number of ketones is 1. The maximum absolute atomic E-state index is 13.9. The van der Waals surface area contributed by atoms with Crippen LogP contribution >= 0.6 is 0 Å². The van der Waals surface area contributed by atoms with Crippen molar-refractivity contribution in [3.05, 3.63) is 70.2 Å². The van der Waals surface area contributed by atoms with Gasteiger partial charge in [-0.1, -0.05) is 36.2 Å². The first kappa shape index (κ1) is 30.7. The largest absolute Gasteiger partial charge is 0.619 e. The molecule has 0 unspecified atom stereocenters. The summed E-state index contributed by atoms with van der Waals surface area (Å²) in [7, 11) is 0. The van der Waals surface area contributed by atoms with Gasteiger partial charge in [-0.05, 0) is 75.8 Å². The molecule has 1 saturated heterocycles. The van der Waals surface area contributed by atoms with Crippen LogP contribution in [0.15, 0.2) is 42.6 Å². The molecule has 222 valence electrons. The molecule has 1 aliphatic carbocycles. The summed E-state index contributed by atoms with van der Waals surface area (Å²) in [5.74, 6) is -0.770. The second kappa shape index (κ2) is 15.1. The van der Waals surface area contributed by atoms with Crippen LogP contribution in [0.2, 0.25) is 0 Å². The summed E-state index contributed by atoms with van der Waals surface area (Å²) < 4.78 is 6.53. The van der Waals surface area contributed by atoms with Gasteiger partial charge in [0.25, 0.3) is 0 Å². The van der Waals surface area contributed by atoms with Crippen molar-refractivity contribution in [2.75, 3.05) is 6.54 Å². The fourth-order valence-corrected chi connectivity index (χ4v) is 6.30. The van der Waals surface area contributed by atoms with Gasteiger partial charge in [0.2, 0.25) is 5.91 Å². The first-order valence-corrected chi connectivity index (χ1v) is 15.3. The van der Waals surface area contributed by atoms with E-state index in [9.17, 15) is 19.6 Å². The van der Waals surface area contributed by atoms with E-state index in [0.717, 1.165) is 53.5 Å². The third-order valence-corrected chi connectivity index (χ3v) is 8.68. The molecule has 2 fully saturated rings. The fourth-order valence-electron chi connectivity index (χ4n) is 6.30. The Morgan fingerprint density at radius 2 is 1.80 bits per heavy atom. The van der Waals surface area contributed by atoms with Crippen molar-refractivity contribution in [2.45, 2.75) is 109 Å². The molecule has 0 radical (unpaired) electrons. The maximum Gasteiger partial charge on any atom is 0.306 e. The number of benzene rings is 1. The highest BCUT2D eigenvalue weighted by molar-refractivity contribution is 5.90. The van der Waals surface area contributed by atoms with Gasteiger partial charge in [0, 0.05) is 50.4 Å². The molecule has 2 heterocycles. The first-order valence-electron chi connectivity index (χ1n) is 15.3. The lowest BCUT2D eigenvalue weighted by Crippen LogP contribution is -2.44. The average Bonchev–Trinajstić information content (AvgIpc) is 3.47. The molecule has 8 nitrogen and oxygen atoms in total. The molecule has 2 atom stereocenters. The van der Waals surface area contributed by atoms with Crippen molar-refractivity contribution in [1.29, 1.82) is 0 Å². The van der Waals surface area contributed by atoms with Crippen LogP contribution in [0.3, 0.4) is 0 Å². The fraction of sp³-hybridized carbons (Fsp3) is 0.576. The summed E-state index contributed by atoms with van der Waals surface area (Å²) in [4.78, 5) is 41.7. The Bertz CT molecular complexity index is 1190. The molecular formula is C33H45N3O5. The Hall–Kier alpha value is -3.26. The van der Waals surface area contributed by atoms with Crippen molar-refractivity contribution in [3.8, 4) is 0 Å². The van der Waals surface area contributed by atoms with Crippen LogP contribution in [0.1, 0.15) is 93.0 Å². The predicted molar refractivity (Wildman–Crippen MR) is 157 cm³/mol. The highest BCUT2D eigenvalue weighted by Crippen LogP contribution is 2.27. The monoisotopic (exact) mass is 563 g/mol. The highest BCUT2D eigenvalue weighted by atomic mass is 16.5. The maximum atomic E-state index is 13.9. The molecule has 8 heteroatoms. The van der Waals surface area contributed by atoms with E-state index >= 15 is 0 Å². The number of rotatable bonds is 13. The normalized spacial score (nSPS) is 18.3. The van der Waals surface area contributed by atoms with E-state index in [-0.39, 0.29) is 30.2 Å². The van der Waals surface area contributed by atoms with Gasteiger partial charge < -0.3 is 20.6 Å². The van der Waals surface area contributed by atoms with Crippen molar-refractivity contribution in [3.63, 3.8) is 0 Å². The molecule has 1 aliphatic heterocycles. The van der Waals surface area contributed by atoms with Crippen LogP contribution in [0, 0.1) is 18.0 Å². The Morgan fingerprint density at radius 3 is 2.56 bits per heavy atom. The lowest BCUT2D eigenvalue weighted by Gasteiger charge is -2.28. The summed E-state index contributed by atoms with van der Waals surface area (Å²) in [5.41, 5.74) is 9.75. The van der Waals surface area contributed by atoms with Gasteiger partial charge in [-0.15, -0.1) is 0 Å². The van der Waals surface area contributed by atoms with Crippen LogP contribution in [-0.2, 0) is 38.5 Å². The Balaban J connectivity index is 1.41. The number of esters is 1. The van der Waals surface area contributed by atoms with E-state index in [2.05, 4.69) is 6.07 Å². The van der Waals surface area contributed by atoms with Gasteiger partial charge >= 0.3 is 5.97 Å². The number of aromatic nitrogens is 1. The Kier molecular flexibility index (Phi) is 11.3. The lowest BCUT2D eigenvalue weighted by molar-refractivity contribution is -0.614. The van der Waals surface area contributed by atoms with E-state index in [4.69, 9.17) is 10.5 Å². The van der Waals surface area contributed by atoms with E-state index in [0.29, 0.717) is 57.3 Å². The van der Waals surface area contributed by atoms with Gasteiger partial charge in [0.1, 0.15) is 6.10 Å². The summed E-state index contributed by atoms with van der Waals surface area (Å²) in [6, 6.07) is 10.9. The number of nitrogens with zero attached hydrogens (tertiary/aromatic N) is 2. The number of carbonyl (C=O) groups excluding carboxylic acids is 3. The predicted octanol–water partition coefficient (Wildman–Crippen LogP) is 4.48. The molecule has 4 rings (SSSR count). The number of nitrogens with two attached hydrogens (primary N) is 1. The van der Waals surface area contributed by atoms with E-state index in [1.807, 2.05) is 25.1 Å². The minimum absolute atomic E-state index is 0.0251. The van der Waals surface area contributed by atoms with Gasteiger partial charge in [-0.3, -0.25) is 14.4 Å². The molecule has 0 spiro atoms. The zero-order valence-corrected chi connectivity index (χ0v) is 24.4. The lowest BCUT2D eigenvalue weighted by atomic mass is 9.93.